The molecule has 2 heterocycles. The highest BCUT2D eigenvalue weighted by Crippen LogP contribution is 2.50. The monoisotopic (exact) mass is 307 g/mol. The number of aromatic nitrogens is 1. The van der Waals surface area contributed by atoms with Crippen LogP contribution >= 0.6 is 29.7 Å². The molecule has 0 aromatic carbocycles. The van der Waals surface area contributed by atoms with E-state index >= 15 is 0 Å². The van der Waals surface area contributed by atoms with Crippen molar-refractivity contribution < 1.29 is 4.57 Å². The molecule has 0 unspecified atom stereocenters. The predicted octanol–water partition coefficient (Wildman–Crippen LogP) is 2.47. The van der Waals surface area contributed by atoms with Gasteiger partial charge in [-0.05, 0) is 47.6 Å². The van der Waals surface area contributed by atoms with Crippen LogP contribution < -0.4 is 5.30 Å². The number of hydrogen-bond donors (Lipinski definition) is 0. The lowest BCUT2D eigenvalue weighted by Crippen LogP contribution is -2.07. The molecular weight excluding hydrogens is 296 g/mol. The molecule has 0 radical (unpaired) electrons. The van der Waals surface area contributed by atoms with Gasteiger partial charge < -0.3 is 4.57 Å². The fraction of sp³-hybridized carbons (Fsp3) is 0.444. The largest absolute Gasteiger partial charge is 0.319 e. The molecule has 1 fully saturated rings. The number of halogens is 1. The summed E-state index contributed by atoms with van der Waals surface area (Å²) in [5, 5.41) is 0.977. The Morgan fingerprint density at radius 3 is 2.54 bits per heavy atom. The van der Waals surface area contributed by atoms with Crippen LogP contribution in [0.3, 0.4) is 0 Å². The second-order valence-corrected chi connectivity index (χ2v) is 7.68. The molecule has 2 rings (SSSR count). The number of pyridine rings is 1. The van der Waals surface area contributed by atoms with Crippen molar-refractivity contribution in [3.8, 4) is 0 Å². The zero-order valence-electron chi connectivity index (χ0n) is 7.24. The van der Waals surface area contributed by atoms with Gasteiger partial charge in [-0.15, -0.1) is 0 Å². The van der Waals surface area contributed by atoms with Crippen LogP contribution in [0.1, 0.15) is 12.8 Å². The lowest BCUT2D eigenvalue weighted by molar-refractivity contribution is 0.585. The second-order valence-electron chi connectivity index (χ2n) is 3.38. The molecule has 0 atom stereocenters. The number of rotatable bonds is 1. The van der Waals surface area contributed by atoms with E-state index in [9.17, 15) is 4.57 Å². The first-order valence-corrected chi connectivity index (χ1v) is 7.56. The Kier molecular flexibility index (Phi) is 2.75. The fourth-order valence-corrected chi connectivity index (χ4v) is 4.86. The third kappa shape index (κ3) is 1.96. The van der Waals surface area contributed by atoms with E-state index in [0.717, 1.165) is 34.2 Å². The van der Waals surface area contributed by atoms with Crippen molar-refractivity contribution in [3.63, 3.8) is 0 Å². The van der Waals surface area contributed by atoms with Crippen LogP contribution in [-0.2, 0) is 4.57 Å². The second kappa shape index (κ2) is 3.70. The summed E-state index contributed by atoms with van der Waals surface area (Å²) in [7, 11) is -2.01. The van der Waals surface area contributed by atoms with Gasteiger partial charge in [0.15, 0.2) is 0 Å². The van der Waals surface area contributed by atoms with Gasteiger partial charge in [-0.1, -0.05) is 0 Å². The van der Waals surface area contributed by atoms with Gasteiger partial charge >= 0.3 is 0 Å². The average molecular weight is 307 g/mol. The van der Waals surface area contributed by atoms with Gasteiger partial charge in [0.25, 0.3) is 0 Å². The van der Waals surface area contributed by atoms with E-state index in [2.05, 4.69) is 27.6 Å². The van der Waals surface area contributed by atoms with Crippen LogP contribution in [0, 0.1) is 3.70 Å². The first kappa shape index (κ1) is 9.66. The molecule has 0 spiro atoms. The van der Waals surface area contributed by atoms with E-state index in [4.69, 9.17) is 0 Å². The summed E-state index contributed by atoms with van der Waals surface area (Å²) >= 11 is 2.16. The summed E-state index contributed by atoms with van der Waals surface area (Å²) in [5.41, 5.74) is 0. The summed E-state index contributed by atoms with van der Waals surface area (Å²) in [6, 6.07) is 3.91. The third-order valence-electron chi connectivity index (χ3n) is 2.47. The average Bonchev–Trinajstić information content (AvgIpc) is 2.54. The van der Waals surface area contributed by atoms with Crippen LogP contribution in [-0.4, -0.2) is 17.3 Å². The van der Waals surface area contributed by atoms with Crippen molar-refractivity contribution in [2.75, 3.05) is 12.3 Å². The Bertz CT molecular complexity index is 339. The van der Waals surface area contributed by atoms with E-state index in [1.807, 2.05) is 12.1 Å². The van der Waals surface area contributed by atoms with Gasteiger partial charge in [-0.25, -0.2) is 4.98 Å². The van der Waals surface area contributed by atoms with Crippen LogP contribution in [0.2, 0.25) is 0 Å². The van der Waals surface area contributed by atoms with Crippen molar-refractivity contribution in [1.29, 1.82) is 0 Å². The van der Waals surface area contributed by atoms with Crippen LogP contribution in [0.15, 0.2) is 18.3 Å². The van der Waals surface area contributed by atoms with Gasteiger partial charge in [0.05, 0.1) is 0 Å². The Hall–Kier alpha value is 0.110. The maximum Gasteiger partial charge on any atom is 0.117 e. The standard InChI is InChI=1S/C9H11INOP/c10-9-4-3-8(7-11-9)13(12)5-1-2-6-13/h3-4,7H,1-2,5-6H2. The normalized spacial score (nSPS) is 20.4. The van der Waals surface area contributed by atoms with Gasteiger partial charge in [0.1, 0.15) is 10.8 Å². The molecule has 1 aliphatic rings. The maximum atomic E-state index is 12.3. The molecule has 0 saturated carbocycles. The Morgan fingerprint density at radius 2 is 2.00 bits per heavy atom. The first-order chi connectivity index (χ1) is 6.21. The quantitative estimate of drug-likeness (QED) is 0.453. The van der Waals surface area contributed by atoms with Crippen molar-refractivity contribution in [2.24, 2.45) is 0 Å². The Balaban J connectivity index is 2.35. The molecule has 1 saturated heterocycles. The van der Waals surface area contributed by atoms with E-state index < -0.39 is 7.14 Å². The molecule has 0 bridgehead atoms. The minimum atomic E-state index is -2.01. The van der Waals surface area contributed by atoms with Crippen LogP contribution in [0.4, 0.5) is 0 Å². The van der Waals surface area contributed by atoms with Crippen molar-refractivity contribution in [1.82, 2.24) is 4.98 Å². The number of hydrogen-bond acceptors (Lipinski definition) is 2. The summed E-state index contributed by atoms with van der Waals surface area (Å²) in [4.78, 5) is 4.18. The molecule has 1 aromatic heterocycles. The SMILES string of the molecule is O=P1(c2ccc(I)nc2)CCCC1. The summed E-state index contributed by atoms with van der Waals surface area (Å²) in [6.07, 6.45) is 5.78. The van der Waals surface area contributed by atoms with Gasteiger partial charge in [-0.2, -0.15) is 0 Å². The highest BCUT2D eigenvalue weighted by molar-refractivity contribution is 14.1. The molecule has 4 heteroatoms. The topological polar surface area (TPSA) is 30.0 Å². The zero-order chi connectivity index (χ0) is 9.31. The number of nitrogens with zero attached hydrogens (tertiary/aromatic N) is 1. The lowest BCUT2D eigenvalue weighted by atomic mass is 10.4. The van der Waals surface area contributed by atoms with Crippen molar-refractivity contribution in [3.05, 3.63) is 22.0 Å². The maximum absolute atomic E-state index is 12.3. The molecule has 13 heavy (non-hydrogen) atoms. The molecular formula is C9H11INOP. The van der Waals surface area contributed by atoms with E-state index in [-0.39, 0.29) is 0 Å². The smallest absolute Gasteiger partial charge is 0.117 e. The van der Waals surface area contributed by atoms with E-state index in [1.165, 1.54) is 0 Å². The van der Waals surface area contributed by atoms with Crippen molar-refractivity contribution in [2.45, 2.75) is 12.8 Å². The fourth-order valence-electron chi connectivity index (χ4n) is 1.71. The van der Waals surface area contributed by atoms with Gasteiger partial charge in [0, 0.05) is 23.8 Å². The minimum Gasteiger partial charge on any atom is -0.319 e. The third-order valence-corrected chi connectivity index (χ3v) is 6.39. The molecule has 0 amide bonds. The van der Waals surface area contributed by atoms with Crippen molar-refractivity contribution >= 4 is 35.0 Å². The van der Waals surface area contributed by atoms with Crippen LogP contribution in [0.25, 0.3) is 0 Å². The van der Waals surface area contributed by atoms with E-state index in [1.54, 1.807) is 6.20 Å². The molecule has 2 nitrogen and oxygen atoms in total. The molecule has 1 aromatic rings. The van der Waals surface area contributed by atoms with Gasteiger partial charge in [-0.3, -0.25) is 0 Å². The zero-order valence-corrected chi connectivity index (χ0v) is 10.3. The summed E-state index contributed by atoms with van der Waals surface area (Å²) in [6.45, 7) is 0. The Labute approximate surface area is 91.7 Å². The lowest BCUT2D eigenvalue weighted by Gasteiger charge is -2.09. The van der Waals surface area contributed by atoms with Crippen LogP contribution in [0.5, 0.6) is 0 Å². The molecule has 0 aliphatic carbocycles. The minimum absolute atomic E-state index is 0.884. The summed E-state index contributed by atoms with van der Waals surface area (Å²) in [5.74, 6) is 0. The summed E-state index contributed by atoms with van der Waals surface area (Å²) < 4.78 is 13.2. The highest BCUT2D eigenvalue weighted by atomic mass is 127. The molecule has 1 aliphatic heterocycles. The molecule has 0 N–H and O–H groups in total. The van der Waals surface area contributed by atoms with E-state index in [0.29, 0.717) is 0 Å². The van der Waals surface area contributed by atoms with Gasteiger partial charge in [0.2, 0.25) is 0 Å². The first-order valence-electron chi connectivity index (χ1n) is 4.41. The molecule has 70 valence electrons. The Morgan fingerprint density at radius 1 is 1.31 bits per heavy atom. The predicted molar refractivity (Wildman–Crippen MR) is 63.2 cm³/mol. The highest BCUT2D eigenvalue weighted by Gasteiger charge is 2.28.